The van der Waals surface area contributed by atoms with Crippen LogP contribution < -0.4 is 0 Å². The zero-order valence-electron chi connectivity index (χ0n) is 15.1. The van der Waals surface area contributed by atoms with E-state index in [0.29, 0.717) is 5.41 Å². The summed E-state index contributed by atoms with van der Waals surface area (Å²) in [5, 5.41) is 0. The second-order valence-corrected chi connectivity index (χ2v) is 9.41. The Morgan fingerprint density at radius 3 is 2.48 bits per heavy atom. The first-order valence-corrected chi connectivity index (χ1v) is 9.32. The first-order chi connectivity index (χ1) is 10.6. The molecule has 1 heterocycles. The van der Waals surface area contributed by atoms with E-state index in [1.165, 1.54) is 40.8 Å². The van der Waals surface area contributed by atoms with Crippen LogP contribution in [0.5, 0.6) is 0 Å². The van der Waals surface area contributed by atoms with Gasteiger partial charge in [-0.3, -0.25) is 0 Å². The van der Waals surface area contributed by atoms with E-state index in [4.69, 9.17) is 0 Å². The Hall–Kier alpha value is -1.15. The lowest BCUT2D eigenvalue weighted by Crippen LogP contribution is -2.21. The fourth-order valence-electron chi connectivity index (χ4n) is 3.60. The molecule has 0 unspecified atom stereocenters. The summed E-state index contributed by atoms with van der Waals surface area (Å²) in [5.41, 5.74) is 5.34. The predicted octanol–water partition coefficient (Wildman–Crippen LogP) is 6.75. The Labute approximate surface area is 143 Å². The molecule has 0 atom stereocenters. The minimum absolute atomic E-state index is 0.410. The number of aryl methyl sites for hydroxylation is 2. The zero-order chi connectivity index (χ0) is 17.0. The third kappa shape index (κ3) is 3.10. The molecule has 2 aromatic rings. The van der Waals surface area contributed by atoms with Crippen LogP contribution >= 0.6 is 11.3 Å². The van der Waals surface area contributed by atoms with Crippen LogP contribution in [0.25, 0.3) is 10.4 Å². The fourth-order valence-corrected chi connectivity index (χ4v) is 5.02. The molecule has 0 aliphatic heterocycles. The number of halogens is 1. The van der Waals surface area contributed by atoms with E-state index in [1.54, 1.807) is 24.3 Å². The molecule has 0 amide bonds. The summed E-state index contributed by atoms with van der Waals surface area (Å²) in [6.07, 6.45) is 3.65. The molecule has 0 N–H and O–H groups in total. The highest BCUT2D eigenvalue weighted by atomic mass is 32.1. The van der Waals surface area contributed by atoms with Gasteiger partial charge < -0.3 is 0 Å². The van der Waals surface area contributed by atoms with Gasteiger partial charge in [-0.1, -0.05) is 32.0 Å². The highest BCUT2D eigenvalue weighted by molar-refractivity contribution is 7.16. The second-order valence-electron chi connectivity index (χ2n) is 8.30. The molecular formula is C21H27FS. The molecule has 0 radical (unpaired) electrons. The van der Waals surface area contributed by atoms with Gasteiger partial charge in [0.25, 0.3) is 0 Å². The molecular weight excluding hydrogens is 303 g/mol. The highest BCUT2D eigenvalue weighted by Crippen LogP contribution is 2.45. The van der Waals surface area contributed by atoms with E-state index in [0.717, 1.165) is 5.56 Å². The van der Waals surface area contributed by atoms with Crippen LogP contribution in [0, 0.1) is 19.3 Å². The Bertz CT molecular complexity index is 744. The largest absolute Gasteiger partial charge is 0.239 e. The number of benzene rings is 1. The predicted molar refractivity (Wildman–Crippen MR) is 99.2 cm³/mol. The average Bonchev–Trinajstić information content (AvgIpc) is 2.74. The topological polar surface area (TPSA) is 0 Å². The highest BCUT2D eigenvalue weighted by Gasteiger charge is 2.29. The Morgan fingerprint density at radius 2 is 1.87 bits per heavy atom. The smallest absolute Gasteiger partial charge is 0.130 e. The van der Waals surface area contributed by atoms with Crippen LogP contribution in [0.15, 0.2) is 18.2 Å². The van der Waals surface area contributed by atoms with Gasteiger partial charge in [-0.2, -0.15) is 0 Å². The minimum Gasteiger partial charge on any atom is -0.239 e. The van der Waals surface area contributed by atoms with Gasteiger partial charge in [0, 0.05) is 9.75 Å². The monoisotopic (exact) mass is 330 g/mol. The number of rotatable bonds is 2. The minimum atomic E-state index is -1.28. The van der Waals surface area contributed by atoms with Crippen molar-refractivity contribution in [2.75, 3.05) is 0 Å². The van der Waals surface area contributed by atoms with Gasteiger partial charge in [0.05, 0.1) is 0 Å². The molecule has 23 heavy (non-hydrogen) atoms. The first kappa shape index (κ1) is 16.7. The van der Waals surface area contributed by atoms with Crippen molar-refractivity contribution in [3.05, 3.63) is 45.3 Å². The van der Waals surface area contributed by atoms with Crippen molar-refractivity contribution < 1.29 is 4.39 Å². The molecule has 0 spiro atoms. The maximum Gasteiger partial charge on any atom is 0.130 e. The first-order valence-electron chi connectivity index (χ1n) is 8.50. The fraction of sp³-hybridized carbons (Fsp3) is 0.524. The number of alkyl halides is 1. The lowest BCUT2D eigenvalue weighted by Gasteiger charge is -2.29. The van der Waals surface area contributed by atoms with Crippen LogP contribution in [0.1, 0.15) is 61.2 Å². The number of hydrogen-bond acceptors (Lipinski definition) is 1. The van der Waals surface area contributed by atoms with Crippen LogP contribution in [0.4, 0.5) is 4.39 Å². The SMILES string of the molecule is Cc1cc(C(C)(C)F)ccc1-c1sc2c(c1C)CC(C)(C)CC2. The zero-order valence-corrected chi connectivity index (χ0v) is 16.0. The van der Waals surface area contributed by atoms with Crippen LogP contribution in [0.3, 0.4) is 0 Å². The third-order valence-electron chi connectivity index (χ3n) is 5.20. The van der Waals surface area contributed by atoms with E-state index in [1.807, 2.05) is 23.5 Å². The summed E-state index contributed by atoms with van der Waals surface area (Å²) in [6, 6.07) is 6.07. The second kappa shape index (κ2) is 5.44. The van der Waals surface area contributed by atoms with E-state index in [-0.39, 0.29) is 0 Å². The number of thiophene rings is 1. The van der Waals surface area contributed by atoms with Gasteiger partial charge >= 0.3 is 0 Å². The molecule has 3 rings (SSSR count). The summed E-state index contributed by atoms with van der Waals surface area (Å²) in [4.78, 5) is 2.94. The normalized spacial score (nSPS) is 17.2. The summed E-state index contributed by atoms with van der Waals surface area (Å²) in [5.74, 6) is 0. The van der Waals surface area contributed by atoms with Crippen molar-refractivity contribution in [1.29, 1.82) is 0 Å². The average molecular weight is 331 g/mol. The van der Waals surface area contributed by atoms with Crippen molar-refractivity contribution in [1.82, 2.24) is 0 Å². The molecule has 0 saturated carbocycles. The maximum atomic E-state index is 14.2. The van der Waals surface area contributed by atoms with E-state index in [2.05, 4.69) is 33.8 Å². The third-order valence-corrected chi connectivity index (χ3v) is 6.62. The summed E-state index contributed by atoms with van der Waals surface area (Å²) in [6.45, 7) is 12.4. The Balaban J connectivity index is 2.06. The number of hydrogen-bond donors (Lipinski definition) is 0. The summed E-state index contributed by atoms with van der Waals surface area (Å²) < 4.78 is 14.2. The van der Waals surface area contributed by atoms with E-state index < -0.39 is 5.67 Å². The van der Waals surface area contributed by atoms with Gasteiger partial charge in [-0.05, 0) is 80.2 Å². The molecule has 2 heteroatoms. The molecule has 0 nitrogen and oxygen atoms in total. The van der Waals surface area contributed by atoms with Crippen LogP contribution in [0.2, 0.25) is 0 Å². The molecule has 1 aromatic carbocycles. The van der Waals surface area contributed by atoms with Crippen molar-refractivity contribution in [3.8, 4) is 10.4 Å². The van der Waals surface area contributed by atoms with Gasteiger partial charge in [0.15, 0.2) is 0 Å². The van der Waals surface area contributed by atoms with Gasteiger partial charge in [0.2, 0.25) is 0 Å². The maximum absolute atomic E-state index is 14.2. The van der Waals surface area contributed by atoms with Crippen molar-refractivity contribution in [3.63, 3.8) is 0 Å². The molecule has 1 aliphatic rings. The Morgan fingerprint density at radius 1 is 1.17 bits per heavy atom. The summed E-state index contributed by atoms with van der Waals surface area (Å²) in [7, 11) is 0. The molecule has 0 bridgehead atoms. The molecule has 1 aromatic heterocycles. The summed E-state index contributed by atoms with van der Waals surface area (Å²) >= 11 is 1.95. The quantitative estimate of drug-likeness (QED) is 0.571. The van der Waals surface area contributed by atoms with Gasteiger partial charge in [-0.15, -0.1) is 11.3 Å². The molecule has 1 aliphatic carbocycles. The standard InChI is InChI=1S/C21H27FS/c1-13-11-15(21(5,6)22)7-8-16(13)19-14(2)17-12-20(3,4)10-9-18(17)23-19/h7-8,11H,9-10,12H2,1-6H3. The van der Waals surface area contributed by atoms with Crippen molar-refractivity contribution in [2.45, 2.75) is 66.5 Å². The van der Waals surface area contributed by atoms with Gasteiger partial charge in [-0.25, -0.2) is 4.39 Å². The molecule has 0 saturated heterocycles. The van der Waals surface area contributed by atoms with E-state index in [9.17, 15) is 4.39 Å². The van der Waals surface area contributed by atoms with Crippen LogP contribution in [-0.2, 0) is 18.5 Å². The lowest BCUT2D eigenvalue weighted by atomic mass is 9.76. The van der Waals surface area contributed by atoms with Crippen molar-refractivity contribution in [2.24, 2.45) is 5.41 Å². The lowest BCUT2D eigenvalue weighted by molar-refractivity contribution is 0.221. The van der Waals surface area contributed by atoms with Crippen molar-refractivity contribution >= 4 is 11.3 Å². The van der Waals surface area contributed by atoms with Crippen LogP contribution in [-0.4, -0.2) is 0 Å². The number of fused-ring (bicyclic) bond motifs is 1. The molecule has 0 fully saturated rings. The Kier molecular flexibility index (Phi) is 3.95. The van der Waals surface area contributed by atoms with E-state index >= 15 is 0 Å². The molecule has 124 valence electrons. The van der Waals surface area contributed by atoms with Gasteiger partial charge in [0.1, 0.15) is 5.67 Å².